The monoisotopic (exact) mass is 309 g/mol. The second-order valence-electron chi connectivity index (χ2n) is 6.48. The molecule has 21 heavy (non-hydrogen) atoms. The van der Waals surface area contributed by atoms with Crippen molar-refractivity contribution in [2.75, 3.05) is 20.2 Å². The third-order valence-electron chi connectivity index (χ3n) is 5.28. The first-order valence-corrected chi connectivity index (χ1v) is 8.18. The molecule has 3 rings (SSSR count). The van der Waals surface area contributed by atoms with Crippen LogP contribution in [-0.4, -0.2) is 30.6 Å². The Labute approximate surface area is 135 Å². The van der Waals surface area contributed by atoms with Gasteiger partial charge in [0.1, 0.15) is 5.75 Å². The van der Waals surface area contributed by atoms with Crippen LogP contribution < -0.4 is 4.74 Å². The maximum Gasteiger partial charge on any atom is 0.119 e. The zero-order valence-corrected chi connectivity index (χ0v) is 14.2. The van der Waals surface area contributed by atoms with Crippen LogP contribution in [0.4, 0.5) is 0 Å². The molecule has 1 spiro atoms. The highest BCUT2D eigenvalue weighted by Gasteiger charge is 2.40. The molecule has 0 bridgehead atoms. The van der Waals surface area contributed by atoms with E-state index in [2.05, 4.69) is 30.0 Å². The van der Waals surface area contributed by atoms with Gasteiger partial charge in [0.25, 0.3) is 0 Å². The van der Waals surface area contributed by atoms with Gasteiger partial charge in [-0.3, -0.25) is 4.90 Å². The summed E-state index contributed by atoms with van der Waals surface area (Å²) in [6, 6.07) is 6.67. The molecule has 1 saturated heterocycles. The lowest BCUT2D eigenvalue weighted by Crippen LogP contribution is -2.55. The van der Waals surface area contributed by atoms with Gasteiger partial charge < -0.3 is 4.74 Å². The summed E-state index contributed by atoms with van der Waals surface area (Å²) in [7, 11) is 1.76. The molecule has 0 amide bonds. The SMILES string of the molecule is CCCN1CCCCC12CCc1cc(OC)ccc1C2.Cl. The van der Waals surface area contributed by atoms with Crippen molar-refractivity contribution >= 4 is 12.4 Å². The van der Waals surface area contributed by atoms with Crippen molar-refractivity contribution in [3.8, 4) is 5.75 Å². The van der Waals surface area contributed by atoms with Crippen molar-refractivity contribution in [3.63, 3.8) is 0 Å². The smallest absolute Gasteiger partial charge is 0.119 e. The van der Waals surface area contributed by atoms with Gasteiger partial charge in [0.15, 0.2) is 0 Å². The standard InChI is InChI=1S/C18H27NO.ClH/c1-3-11-19-12-5-4-9-18(19)10-8-15-13-17(20-2)7-6-16(15)14-18;/h6-7,13H,3-5,8-12,14H2,1-2H3;1H. The van der Waals surface area contributed by atoms with E-state index in [0.717, 1.165) is 5.75 Å². The molecule has 1 aliphatic carbocycles. The predicted octanol–water partition coefficient (Wildman–Crippen LogP) is 4.24. The van der Waals surface area contributed by atoms with Gasteiger partial charge in [-0.25, -0.2) is 0 Å². The molecule has 0 radical (unpaired) electrons. The van der Waals surface area contributed by atoms with Crippen LogP contribution in [0.15, 0.2) is 18.2 Å². The van der Waals surface area contributed by atoms with Crippen molar-refractivity contribution in [1.29, 1.82) is 0 Å². The maximum atomic E-state index is 5.37. The molecular formula is C18H28ClNO. The molecule has 1 aromatic carbocycles. The molecule has 1 unspecified atom stereocenters. The number of rotatable bonds is 3. The zero-order chi connectivity index (χ0) is 14.0. The summed E-state index contributed by atoms with van der Waals surface area (Å²) in [5, 5.41) is 0. The van der Waals surface area contributed by atoms with Crippen LogP contribution in [0.2, 0.25) is 0 Å². The molecule has 1 atom stereocenters. The number of hydrogen-bond acceptors (Lipinski definition) is 2. The van der Waals surface area contributed by atoms with Crippen LogP contribution in [0.5, 0.6) is 5.75 Å². The minimum atomic E-state index is 0. The third-order valence-corrected chi connectivity index (χ3v) is 5.28. The average Bonchev–Trinajstić information content (AvgIpc) is 2.49. The average molecular weight is 310 g/mol. The Morgan fingerprint density at radius 3 is 2.81 bits per heavy atom. The summed E-state index contributed by atoms with van der Waals surface area (Å²) in [6.45, 7) is 4.88. The summed E-state index contributed by atoms with van der Waals surface area (Å²) >= 11 is 0. The lowest BCUT2D eigenvalue weighted by atomic mass is 9.72. The Hall–Kier alpha value is -0.730. The summed E-state index contributed by atoms with van der Waals surface area (Å²) in [5.74, 6) is 1.01. The largest absolute Gasteiger partial charge is 0.497 e. The topological polar surface area (TPSA) is 12.5 Å². The predicted molar refractivity (Wildman–Crippen MR) is 90.7 cm³/mol. The number of fused-ring (bicyclic) bond motifs is 1. The molecule has 0 N–H and O–H groups in total. The second kappa shape index (κ2) is 7.02. The van der Waals surface area contributed by atoms with Gasteiger partial charge in [0, 0.05) is 5.54 Å². The number of aryl methyl sites for hydroxylation is 1. The Morgan fingerprint density at radius 2 is 2.05 bits per heavy atom. The van der Waals surface area contributed by atoms with Gasteiger partial charge >= 0.3 is 0 Å². The molecule has 1 heterocycles. The van der Waals surface area contributed by atoms with Crippen LogP contribution >= 0.6 is 12.4 Å². The van der Waals surface area contributed by atoms with Crippen molar-refractivity contribution in [2.45, 2.75) is 57.4 Å². The van der Waals surface area contributed by atoms with Gasteiger partial charge in [-0.1, -0.05) is 19.4 Å². The van der Waals surface area contributed by atoms with Crippen molar-refractivity contribution in [3.05, 3.63) is 29.3 Å². The Balaban J connectivity index is 0.00000161. The fourth-order valence-corrected chi connectivity index (χ4v) is 4.20. The highest BCUT2D eigenvalue weighted by molar-refractivity contribution is 5.85. The molecular weight excluding hydrogens is 282 g/mol. The zero-order valence-electron chi connectivity index (χ0n) is 13.4. The molecule has 118 valence electrons. The maximum absolute atomic E-state index is 5.37. The van der Waals surface area contributed by atoms with Crippen LogP contribution in [0.3, 0.4) is 0 Å². The number of ether oxygens (including phenoxy) is 1. The van der Waals surface area contributed by atoms with E-state index in [0.29, 0.717) is 5.54 Å². The van der Waals surface area contributed by atoms with Gasteiger partial charge in [-0.2, -0.15) is 0 Å². The fraction of sp³-hybridized carbons (Fsp3) is 0.667. The lowest BCUT2D eigenvalue weighted by molar-refractivity contribution is 0.0340. The first-order valence-electron chi connectivity index (χ1n) is 8.18. The van der Waals surface area contributed by atoms with Crippen molar-refractivity contribution < 1.29 is 4.74 Å². The van der Waals surface area contributed by atoms with Crippen LogP contribution in [0.25, 0.3) is 0 Å². The number of halogens is 1. The van der Waals surface area contributed by atoms with Crippen molar-refractivity contribution in [1.82, 2.24) is 4.90 Å². The van der Waals surface area contributed by atoms with E-state index in [1.807, 2.05) is 0 Å². The second-order valence-corrected chi connectivity index (χ2v) is 6.48. The summed E-state index contributed by atoms with van der Waals surface area (Å²) in [6.07, 6.45) is 9.24. The molecule has 3 heteroatoms. The molecule has 0 saturated carbocycles. The van der Waals surface area contributed by atoms with Crippen LogP contribution in [0, 0.1) is 0 Å². The van der Waals surface area contributed by atoms with Crippen LogP contribution in [-0.2, 0) is 12.8 Å². The fourth-order valence-electron chi connectivity index (χ4n) is 4.20. The number of hydrogen-bond donors (Lipinski definition) is 0. The van der Waals surface area contributed by atoms with Gasteiger partial charge in [-0.15, -0.1) is 12.4 Å². The van der Waals surface area contributed by atoms with Gasteiger partial charge in [-0.05, 0) is 74.9 Å². The third kappa shape index (κ3) is 3.22. The lowest BCUT2D eigenvalue weighted by Gasteiger charge is -2.50. The molecule has 2 nitrogen and oxygen atoms in total. The molecule has 0 aromatic heterocycles. The first kappa shape index (κ1) is 16.6. The Bertz CT molecular complexity index is 474. The van der Waals surface area contributed by atoms with Gasteiger partial charge in [0.2, 0.25) is 0 Å². The van der Waals surface area contributed by atoms with E-state index in [-0.39, 0.29) is 12.4 Å². The first-order chi connectivity index (χ1) is 9.77. The number of piperidine rings is 1. The highest BCUT2D eigenvalue weighted by Crippen LogP contribution is 2.40. The van der Waals surface area contributed by atoms with Crippen LogP contribution in [0.1, 0.15) is 50.2 Å². The molecule has 1 fully saturated rings. The Kier molecular flexibility index (Phi) is 5.56. The minimum absolute atomic E-state index is 0. The summed E-state index contributed by atoms with van der Waals surface area (Å²) < 4.78 is 5.37. The molecule has 2 aliphatic rings. The van der Waals surface area contributed by atoms with E-state index >= 15 is 0 Å². The van der Waals surface area contributed by atoms with E-state index < -0.39 is 0 Å². The number of nitrogens with zero attached hydrogens (tertiary/aromatic N) is 1. The summed E-state index contributed by atoms with van der Waals surface area (Å²) in [5.41, 5.74) is 3.52. The van der Waals surface area contributed by atoms with E-state index in [9.17, 15) is 0 Å². The normalized spacial score (nSPS) is 25.2. The Morgan fingerprint density at radius 1 is 1.19 bits per heavy atom. The molecule has 1 aliphatic heterocycles. The van der Waals surface area contributed by atoms with Gasteiger partial charge in [0.05, 0.1) is 7.11 Å². The van der Waals surface area contributed by atoms with Crippen molar-refractivity contribution in [2.24, 2.45) is 0 Å². The molecule has 1 aromatic rings. The quantitative estimate of drug-likeness (QED) is 0.828. The summed E-state index contributed by atoms with van der Waals surface area (Å²) in [4.78, 5) is 2.80. The van der Waals surface area contributed by atoms with E-state index in [1.54, 1.807) is 12.7 Å². The highest BCUT2D eigenvalue weighted by atomic mass is 35.5. The minimum Gasteiger partial charge on any atom is -0.497 e. The van der Waals surface area contributed by atoms with E-state index in [1.165, 1.54) is 63.6 Å². The number of likely N-dealkylation sites (tertiary alicyclic amines) is 1. The number of benzene rings is 1. The van der Waals surface area contributed by atoms with E-state index in [4.69, 9.17) is 4.74 Å². The number of methoxy groups -OCH3 is 1.